The van der Waals surface area contributed by atoms with E-state index < -0.39 is 0 Å². The van der Waals surface area contributed by atoms with E-state index in [1.54, 1.807) is 18.8 Å². The standard InChI is InChI=1S/C21H21ClN6O/c1-28-19(23)17-18(15-5-3-4-6-16(15)22)25-21(26-20(17)27-28)24-12-11-13-7-9-14(29-2)10-8-13/h3-10H,11-12,23H2,1-2H3,(H,24,26,27). The van der Waals surface area contributed by atoms with E-state index in [2.05, 4.69) is 15.4 Å². The van der Waals surface area contributed by atoms with Crippen molar-refractivity contribution in [2.24, 2.45) is 7.05 Å². The van der Waals surface area contributed by atoms with Gasteiger partial charge in [0.2, 0.25) is 5.95 Å². The van der Waals surface area contributed by atoms with Gasteiger partial charge in [-0.15, -0.1) is 0 Å². The molecule has 148 valence electrons. The van der Waals surface area contributed by atoms with Crippen molar-refractivity contribution in [1.29, 1.82) is 0 Å². The molecule has 7 nitrogen and oxygen atoms in total. The van der Waals surface area contributed by atoms with Crippen molar-refractivity contribution in [2.45, 2.75) is 6.42 Å². The van der Waals surface area contributed by atoms with E-state index in [0.29, 0.717) is 40.1 Å². The molecule has 4 rings (SSSR count). The van der Waals surface area contributed by atoms with Gasteiger partial charge < -0.3 is 15.8 Å². The van der Waals surface area contributed by atoms with Gasteiger partial charge in [-0.05, 0) is 30.2 Å². The normalized spacial score (nSPS) is 11.0. The number of hydrogen-bond acceptors (Lipinski definition) is 6. The van der Waals surface area contributed by atoms with Crippen LogP contribution in [0.4, 0.5) is 11.8 Å². The highest BCUT2D eigenvalue weighted by atomic mass is 35.5. The molecule has 2 aromatic carbocycles. The van der Waals surface area contributed by atoms with Crippen LogP contribution in [0.15, 0.2) is 48.5 Å². The Morgan fingerprint density at radius 1 is 1.10 bits per heavy atom. The molecule has 2 aromatic heterocycles. The number of nitrogens with one attached hydrogen (secondary N) is 1. The molecule has 3 N–H and O–H groups in total. The number of ether oxygens (including phenoxy) is 1. The third-order valence-electron chi connectivity index (χ3n) is 4.72. The Labute approximate surface area is 173 Å². The molecule has 0 radical (unpaired) electrons. The quantitative estimate of drug-likeness (QED) is 0.502. The van der Waals surface area contributed by atoms with Gasteiger partial charge in [0.05, 0.1) is 18.2 Å². The van der Waals surface area contributed by atoms with Crippen LogP contribution in [0.1, 0.15) is 5.56 Å². The summed E-state index contributed by atoms with van der Waals surface area (Å²) in [6, 6.07) is 15.5. The van der Waals surface area contributed by atoms with Gasteiger partial charge in [0.1, 0.15) is 11.6 Å². The maximum absolute atomic E-state index is 6.42. The summed E-state index contributed by atoms with van der Waals surface area (Å²) in [5.41, 5.74) is 9.40. The molecule has 0 atom stereocenters. The number of aryl methyl sites for hydroxylation is 1. The van der Waals surface area contributed by atoms with Gasteiger partial charge in [0.15, 0.2) is 5.65 Å². The molecule has 0 saturated heterocycles. The van der Waals surface area contributed by atoms with Crippen molar-refractivity contribution in [2.75, 3.05) is 24.7 Å². The van der Waals surface area contributed by atoms with Crippen LogP contribution >= 0.6 is 11.6 Å². The molecule has 0 aliphatic heterocycles. The van der Waals surface area contributed by atoms with E-state index in [-0.39, 0.29) is 0 Å². The molecule has 0 amide bonds. The average molecular weight is 409 g/mol. The monoisotopic (exact) mass is 408 g/mol. The second kappa shape index (κ2) is 7.97. The van der Waals surface area contributed by atoms with Crippen LogP contribution in [0.5, 0.6) is 5.75 Å². The minimum absolute atomic E-state index is 0.485. The first kappa shape index (κ1) is 19.0. The zero-order chi connectivity index (χ0) is 20.4. The number of anilines is 2. The number of nitrogens with two attached hydrogens (primary N) is 1. The minimum Gasteiger partial charge on any atom is -0.497 e. The Morgan fingerprint density at radius 3 is 2.59 bits per heavy atom. The summed E-state index contributed by atoms with van der Waals surface area (Å²) in [4.78, 5) is 9.24. The zero-order valence-electron chi connectivity index (χ0n) is 16.2. The number of hydrogen-bond donors (Lipinski definition) is 2. The van der Waals surface area contributed by atoms with Crippen LogP contribution < -0.4 is 15.8 Å². The van der Waals surface area contributed by atoms with E-state index in [1.807, 2.05) is 48.5 Å². The Bertz CT molecular complexity index is 1160. The van der Waals surface area contributed by atoms with E-state index >= 15 is 0 Å². The van der Waals surface area contributed by atoms with Gasteiger partial charge in [0, 0.05) is 24.2 Å². The van der Waals surface area contributed by atoms with Gasteiger partial charge >= 0.3 is 0 Å². The fourth-order valence-corrected chi connectivity index (χ4v) is 3.38. The Morgan fingerprint density at radius 2 is 1.86 bits per heavy atom. The van der Waals surface area contributed by atoms with Crippen molar-refractivity contribution in [3.05, 3.63) is 59.1 Å². The lowest BCUT2D eigenvalue weighted by Crippen LogP contribution is -2.09. The van der Waals surface area contributed by atoms with E-state index in [1.165, 1.54) is 5.56 Å². The molecular weight excluding hydrogens is 388 g/mol. The number of halogens is 1. The number of methoxy groups -OCH3 is 1. The lowest BCUT2D eigenvalue weighted by Gasteiger charge is -2.10. The Hall–Kier alpha value is -3.32. The van der Waals surface area contributed by atoms with Crippen molar-refractivity contribution in [3.63, 3.8) is 0 Å². The highest BCUT2D eigenvalue weighted by Gasteiger charge is 2.18. The predicted molar refractivity (Wildman–Crippen MR) is 116 cm³/mol. The second-order valence-corrected chi connectivity index (χ2v) is 7.02. The molecule has 0 aliphatic carbocycles. The van der Waals surface area contributed by atoms with E-state index in [9.17, 15) is 0 Å². The number of fused-ring (bicyclic) bond motifs is 1. The number of rotatable bonds is 6. The fraction of sp³-hybridized carbons (Fsp3) is 0.190. The molecule has 4 aromatic rings. The third kappa shape index (κ3) is 3.82. The maximum atomic E-state index is 6.42. The summed E-state index contributed by atoms with van der Waals surface area (Å²) in [6.45, 7) is 0.669. The average Bonchev–Trinajstić information content (AvgIpc) is 3.02. The summed E-state index contributed by atoms with van der Waals surface area (Å²) in [5, 5.41) is 9.00. The smallest absolute Gasteiger partial charge is 0.225 e. The van der Waals surface area contributed by atoms with Crippen LogP contribution in [-0.2, 0) is 13.5 Å². The van der Waals surface area contributed by atoms with Crippen molar-refractivity contribution in [3.8, 4) is 17.0 Å². The molecule has 0 aliphatic rings. The number of nitrogen functional groups attached to an aromatic ring is 1. The number of benzene rings is 2. The van der Waals surface area contributed by atoms with Crippen LogP contribution in [0.25, 0.3) is 22.3 Å². The first-order valence-corrected chi connectivity index (χ1v) is 9.56. The molecule has 0 bridgehead atoms. The molecule has 29 heavy (non-hydrogen) atoms. The van der Waals surface area contributed by atoms with Crippen LogP contribution in [0.3, 0.4) is 0 Å². The van der Waals surface area contributed by atoms with E-state index in [0.717, 1.165) is 17.7 Å². The topological polar surface area (TPSA) is 90.9 Å². The van der Waals surface area contributed by atoms with Crippen molar-refractivity contribution in [1.82, 2.24) is 19.7 Å². The van der Waals surface area contributed by atoms with Crippen LogP contribution in [-0.4, -0.2) is 33.4 Å². The number of nitrogens with zero attached hydrogens (tertiary/aromatic N) is 4. The van der Waals surface area contributed by atoms with Gasteiger partial charge in [0.25, 0.3) is 0 Å². The van der Waals surface area contributed by atoms with Crippen molar-refractivity contribution >= 4 is 34.4 Å². The first-order valence-electron chi connectivity index (χ1n) is 9.18. The predicted octanol–water partition coefficient (Wildman–Crippen LogP) is 3.93. The molecule has 0 unspecified atom stereocenters. The first-order chi connectivity index (χ1) is 14.1. The van der Waals surface area contributed by atoms with Gasteiger partial charge in [-0.25, -0.2) is 4.98 Å². The molecule has 2 heterocycles. The van der Waals surface area contributed by atoms with Crippen LogP contribution in [0, 0.1) is 0 Å². The van der Waals surface area contributed by atoms with Gasteiger partial charge in [-0.3, -0.25) is 4.68 Å². The number of aromatic nitrogens is 4. The SMILES string of the molecule is COc1ccc(CCNc2nc(-c3ccccc3Cl)c3c(N)n(C)nc3n2)cc1. The summed E-state index contributed by atoms with van der Waals surface area (Å²) < 4.78 is 6.79. The lowest BCUT2D eigenvalue weighted by molar-refractivity contribution is 0.414. The third-order valence-corrected chi connectivity index (χ3v) is 5.05. The minimum atomic E-state index is 0.485. The highest BCUT2D eigenvalue weighted by molar-refractivity contribution is 6.33. The zero-order valence-corrected chi connectivity index (χ0v) is 16.9. The summed E-state index contributed by atoms with van der Waals surface area (Å²) in [5.74, 6) is 1.83. The van der Waals surface area contributed by atoms with Gasteiger partial charge in [-0.2, -0.15) is 10.1 Å². The molecular formula is C21H21ClN6O. The summed E-state index contributed by atoms with van der Waals surface area (Å²) in [6.07, 6.45) is 0.817. The largest absolute Gasteiger partial charge is 0.497 e. The molecule has 0 fully saturated rings. The summed E-state index contributed by atoms with van der Waals surface area (Å²) >= 11 is 6.42. The van der Waals surface area contributed by atoms with Crippen molar-refractivity contribution < 1.29 is 4.74 Å². The van der Waals surface area contributed by atoms with Gasteiger partial charge in [-0.1, -0.05) is 41.9 Å². The Balaban J connectivity index is 1.64. The van der Waals surface area contributed by atoms with Crippen LogP contribution in [0.2, 0.25) is 5.02 Å². The Kier molecular flexibility index (Phi) is 5.22. The highest BCUT2D eigenvalue weighted by Crippen LogP contribution is 2.34. The molecule has 8 heteroatoms. The molecule has 0 spiro atoms. The summed E-state index contributed by atoms with van der Waals surface area (Å²) in [7, 11) is 3.44. The second-order valence-electron chi connectivity index (χ2n) is 6.61. The molecule has 0 saturated carbocycles. The maximum Gasteiger partial charge on any atom is 0.225 e. The van der Waals surface area contributed by atoms with E-state index in [4.69, 9.17) is 27.1 Å². The lowest BCUT2D eigenvalue weighted by atomic mass is 10.1. The fourth-order valence-electron chi connectivity index (χ4n) is 3.15.